The van der Waals surface area contributed by atoms with Gasteiger partial charge in [-0.3, -0.25) is 4.31 Å². The van der Waals surface area contributed by atoms with Crippen LogP contribution in [-0.2, 0) is 20.9 Å². The number of aliphatic hydroxyl groups is 1. The summed E-state index contributed by atoms with van der Waals surface area (Å²) in [6.07, 6.45) is -3.88. The van der Waals surface area contributed by atoms with Gasteiger partial charge in [-0.15, -0.1) is 0 Å². The summed E-state index contributed by atoms with van der Waals surface area (Å²) in [6, 6.07) is 1.99. The highest BCUT2D eigenvalue weighted by molar-refractivity contribution is 7.92. The van der Waals surface area contributed by atoms with E-state index in [9.17, 15) is 26.7 Å². The molecular weight excluding hydrogens is 399 g/mol. The zero-order chi connectivity index (χ0) is 21.5. The molecule has 6 nitrogen and oxygen atoms in total. The molecule has 0 bridgehead atoms. The molecule has 1 aromatic rings. The molecule has 0 amide bonds. The van der Waals surface area contributed by atoms with Gasteiger partial charge in [-0.05, 0) is 38.5 Å². The molecule has 0 saturated heterocycles. The second-order valence-corrected chi connectivity index (χ2v) is 8.59. The van der Waals surface area contributed by atoms with E-state index in [4.69, 9.17) is 9.47 Å². The van der Waals surface area contributed by atoms with Gasteiger partial charge in [-0.25, -0.2) is 8.42 Å². The van der Waals surface area contributed by atoms with E-state index in [0.717, 1.165) is 28.9 Å². The molecule has 0 heterocycles. The molecule has 0 aromatic heterocycles. The highest BCUT2D eigenvalue weighted by atomic mass is 32.2. The Morgan fingerprint density at radius 3 is 2.39 bits per heavy atom. The molecular formula is C18H28F3NO5S. The molecule has 0 spiro atoms. The second kappa shape index (κ2) is 10.3. The van der Waals surface area contributed by atoms with Crippen molar-refractivity contribution < 1.29 is 36.2 Å². The maximum absolute atomic E-state index is 13.1. The van der Waals surface area contributed by atoms with Crippen molar-refractivity contribution in [3.63, 3.8) is 0 Å². The van der Waals surface area contributed by atoms with Crippen LogP contribution in [0.4, 0.5) is 18.9 Å². The average Bonchev–Trinajstić information content (AvgIpc) is 2.57. The lowest BCUT2D eigenvalue weighted by Gasteiger charge is -2.31. The first kappa shape index (κ1) is 24.5. The number of halogens is 3. The van der Waals surface area contributed by atoms with E-state index < -0.39 is 39.7 Å². The minimum Gasteiger partial charge on any atom is -0.465 e. The Labute approximate surface area is 164 Å². The SMILES string of the molecule is CCCCC(O)CS(=O)(=O)N(c1ccc(C(F)(F)F)cc1OCOC)C(C)C. The van der Waals surface area contributed by atoms with Gasteiger partial charge in [-0.1, -0.05) is 19.8 Å². The maximum atomic E-state index is 13.1. The third-order valence-electron chi connectivity index (χ3n) is 3.92. The van der Waals surface area contributed by atoms with Crippen LogP contribution in [0.15, 0.2) is 18.2 Å². The summed E-state index contributed by atoms with van der Waals surface area (Å²) in [5, 5.41) is 10.0. The number of benzene rings is 1. The van der Waals surface area contributed by atoms with Crippen LogP contribution in [0.3, 0.4) is 0 Å². The number of sulfonamides is 1. The van der Waals surface area contributed by atoms with E-state index in [1.54, 1.807) is 13.8 Å². The van der Waals surface area contributed by atoms with E-state index in [1.807, 2.05) is 6.92 Å². The van der Waals surface area contributed by atoms with E-state index >= 15 is 0 Å². The monoisotopic (exact) mass is 427 g/mol. The Kier molecular flexibility index (Phi) is 9.03. The molecule has 1 aromatic carbocycles. The van der Waals surface area contributed by atoms with Gasteiger partial charge >= 0.3 is 6.18 Å². The van der Waals surface area contributed by atoms with Crippen molar-refractivity contribution in [3.05, 3.63) is 23.8 Å². The van der Waals surface area contributed by atoms with Gasteiger partial charge in [0.2, 0.25) is 10.0 Å². The van der Waals surface area contributed by atoms with Gasteiger partial charge in [0.15, 0.2) is 6.79 Å². The Hall–Kier alpha value is -1.52. The van der Waals surface area contributed by atoms with Gasteiger partial charge in [0.25, 0.3) is 0 Å². The van der Waals surface area contributed by atoms with Crippen molar-refractivity contribution in [1.29, 1.82) is 0 Å². The number of unbranched alkanes of at least 4 members (excludes halogenated alkanes) is 1. The quantitative estimate of drug-likeness (QED) is 0.544. The van der Waals surface area contributed by atoms with E-state index in [-0.39, 0.29) is 18.2 Å². The van der Waals surface area contributed by atoms with Crippen LogP contribution in [0.5, 0.6) is 5.75 Å². The highest BCUT2D eigenvalue weighted by Gasteiger charge is 2.34. The standard InChI is InChI=1S/C18H28F3NO5S/c1-5-6-7-15(23)11-28(24,25)22(13(2)3)16-9-8-14(18(19,20)21)10-17(16)27-12-26-4/h8-10,13,15,23H,5-7,11-12H2,1-4H3. The van der Waals surface area contributed by atoms with Crippen LogP contribution in [0, 0.1) is 0 Å². The van der Waals surface area contributed by atoms with Crippen LogP contribution < -0.4 is 9.04 Å². The molecule has 0 radical (unpaired) electrons. The number of hydrogen-bond donors (Lipinski definition) is 1. The number of alkyl halides is 3. The van der Waals surface area contributed by atoms with Gasteiger partial charge in [0, 0.05) is 13.2 Å². The summed E-state index contributed by atoms with van der Waals surface area (Å²) in [5.74, 6) is -0.798. The van der Waals surface area contributed by atoms with Crippen LogP contribution in [-0.4, -0.2) is 45.3 Å². The zero-order valence-electron chi connectivity index (χ0n) is 16.5. The third kappa shape index (κ3) is 6.82. The van der Waals surface area contributed by atoms with E-state index in [2.05, 4.69) is 0 Å². The molecule has 28 heavy (non-hydrogen) atoms. The summed E-state index contributed by atoms with van der Waals surface area (Å²) < 4.78 is 75.9. The van der Waals surface area contributed by atoms with Crippen LogP contribution >= 0.6 is 0 Å². The average molecular weight is 427 g/mol. The Morgan fingerprint density at radius 1 is 1.25 bits per heavy atom. The number of nitrogens with zero attached hydrogens (tertiary/aromatic N) is 1. The van der Waals surface area contributed by atoms with Crippen molar-refractivity contribution in [2.24, 2.45) is 0 Å². The first-order valence-corrected chi connectivity index (χ1v) is 10.6. The van der Waals surface area contributed by atoms with Gasteiger partial charge in [0.05, 0.1) is 23.1 Å². The van der Waals surface area contributed by atoms with Crippen molar-refractivity contribution in [2.45, 2.75) is 58.4 Å². The van der Waals surface area contributed by atoms with Gasteiger partial charge in [0.1, 0.15) is 5.75 Å². The number of hydrogen-bond acceptors (Lipinski definition) is 5. The second-order valence-electron chi connectivity index (χ2n) is 6.70. The molecule has 1 rings (SSSR count). The number of ether oxygens (including phenoxy) is 2. The minimum absolute atomic E-state index is 0.0391. The summed E-state index contributed by atoms with van der Waals surface area (Å²) in [7, 11) is -2.72. The molecule has 1 unspecified atom stereocenters. The van der Waals surface area contributed by atoms with Crippen molar-refractivity contribution in [3.8, 4) is 5.75 Å². The lowest BCUT2D eigenvalue weighted by molar-refractivity contribution is -0.137. The smallest absolute Gasteiger partial charge is 0.416 e. The molecule has 1 atom stereocenters. The molecule has 0 fully saturated rings. The third-order valence-corrected chi connectivity index (χ3v) is 5.94. The predicted octanol–water partition coefficient (Wildman–Crippen LogP) is 3.78. The van der Waals surface area contributed by atoms with Crippen LogP contribution in [0.1, 0.15) is 45.6 Å². The van der Waals surface area contributed by atoms with Crippen LogP contribution in [0.25, 0.3) is 0 Å². The number of methoxy groups -OCH3 is 1. The predicted molar refractivity (Wildman–Crippen MR) is 101 cm³/mol. The van der Waals surface area contributed by atoms with Crippen molar-refractivity contribution in [2.75, 3.05) is 24.0 Å². The molecule has 0 aliphatic rings. The zero-order valence-corrected chi connectivity index (χ0v) is 17.3. The normalized spacial score (nSPS) is 13.6. The summed E-state index contributed by atoms with van der Waals surface area (Å²) in [6.45, 7) is 4.75. The summed E-state index contributed by atoms with van der Waals surface area (Å²) >= 11 is 0. The number of rotatable bonds is 11. The molecule has 10 heteroatoms. The fourth-order valence-electron chi connectivity index (χ4n) is 2.71. The number of anilines is 1. The minimum atomic E-state index is -4.61. The first-order chi connectivity index (χ1) is 12.9. The lowest BCUT2D eigenvalue weighted by Crippen LogP contribution is -2.41. The molecule has 0 aliphatic carbocycles. The summed E-state index contributed by atoms with van der Waals surface area (Å²) in [5.41, 5.74) is -1.01. The molecule has 162 valence electrons. The largest absolute Gasteiger partial charge is 0.465 e. The van der Waals surface area contributed by atoms with E-state index in [0.29, 0.717) is 12.8 Å². The van der Waals surface area contributed by atoms with Gasteiger partial charge in [-0.2, -0.15) is 13.2 Å². The fraction of sp³-hybridized carbons (Fsp3) is 0.667. The Balaban J connectivity index is 3.35. The van der Waals surface area contributed by atoms with Gasteiger partial charge < -0.3 is 14.6 Å². The highest BCUT2D eigenvalue weighted by Crippen LogP contribution is 2.38. The number of aliphatic hydroxyl groups excluding tert-OH is 1. The van der Waals surface area contributed by atoms with E-state index in [1.165, 1.54) is 7.11 Å². The fourth-order valence-corrected chi connectivity index (χ4v) is 4.61. The molecule has 1 N–H and O–H groups in total. The summed E-state index contributed by atoms with van der Waals surface area (Å²) in [4.78, 5) is 0. The maximum Gasteiger partial charge on any atom is 0.416 e. The topological polar surface area (TPSA) is 76.1 Å². The van der Waals surface area contributed by atoms with Crippen molar-refractivity contribution in [1.82, 2.24) is 0 Å². The van der Waals surface area contributed by atoms with Crippen molar-refractivity contribution >= 4 is 15.7 Å². The molecule has 0 saturated carbocycles. The van der Waals surface area contributed by atoms with Crippen LogP contribution in [0.2, 0.25) is 0 Å². The first-order valence-electron chi connectivity index (χ1n) is 8.97. The Morgan fingerprint density at radius 2 is 1.89 bits per heavy atom. The Bertz CT molecular complexity index is 722. The molecule has 0 aliphatic heterocycles. The lowest BCUT2D eigenvalue weighted by atomic mass is 10.1.